The van der Waals surface area contributed by atoms with Gasteiger partial charge in [-0.1, -0.05) is 0 Å². The summed E-state index contributed by atoms with van der Waals surface area (Å²) in [6.45, 7) is -0.551. The first kappa shape index (κ1) is 14.5. The van der Waals surface area contributed by atoms with Crippen LogP contribution in [0.15, 0.2) is 11.1 Å². The van der Waals surface area contributed by atoms with Gasteiger partial charge in [0.2, 0.25) is 11.7 Å². The predicted molar refractivity (Wildman–Crippen MR) is 73.3 cm³/mol. The number of nitrogens with zero attached hydrogens (tertiary/aromatic N) is 3. The van der Waals surface area contributed by atoms with Gasteiger partial charge in [0, 0.05) is 0 Å². The van der Waals surface area contributed by atoms with Gasteiger partial charge in [-0.2, -0.15) is 4.98 Å². The van der Waals surface area contributed by atoms with Crippen molar-refractivity contribution in [1.82, 2.24) is 19.5 Å². The number of anilines is 1. The maximum atomic E-state index is 11.8. The number of nitrogen functional groups attached to an aromatic ring is 1. The Balaban J connectivity index is 2.25. The van der Waals surface area contributed by atoms with E-state index in [0.717, 1.165) is 10.9 Å². The summed E-state index contributed by atoms with van der Waals surface area (Å²) in [5.41, 5.74) is 2.99. The van der Waals surface area contributed by atoms with E-state index in [1.54, 1.807) is 0 Å². The monoisotopic (exact) mass is 307 g/mol. The maximum Gasteiger partial charge on any atom is 0.280 e. The van der Waals surface area contributed by atoms with Crippen molar-refractivity contribution in [2.75, 3.05) is 12.3 Å². The second-order valence-electron chi connectivity index (χ2n) is 4.85. The highest BCUT2D eigenvalue weighted by molar-refractivity contribution is 5.71. The Labute approximate surface area is 123 Å². The number of terminal acetylenes is 1. The molecule has 0 spiro atoms. The van der Waals surface area contributed by atoms with Crippen LogP contribution in [0.1, 0.15) is 0 Å². The summed E-state index contributed by atoms with van der Waals surface area (Å²) in [4.78, 5) is 21.9. The molecule has 0 saturated carbocycles. The molecule has 1 fully saturated rings. The van der Waals surface area contributed by atoms with Crippen molar-refractivity contribution in [2.45, 2.75) is 24.0 Å². The normalized spacial score (nSPS) is 31.5. The highest BCUT2D eigenvalue weighted by atomic mass is 16.6. The molecular formula is C12H13N5O5. The molecule has 1 aliphatic rings. The summed E-state index contributed by atoms with van der Waals surface area (Å²) >= 11 is 0. The molecule has 0 unspecified atom stereocenters. The number of aromatic nitrogens is 4. The molecule has 1 aliphatic heterocycles. The van der Waals surface area contributed by atoms with E-state index in [-0.39, 0.29) is 17.1 Å². The third kappa shape index (κ3) is 1.74. The van der Waals surface area contributed by atoms with Crippen molar-refractivity contribution in [3.8, 4) is 12.3 Å². The van der Waals surface area contributed by atoms with Crippen molar-refractivity contribution < 1.29 is 20.1 Å². The molecular weight excluding hydrogens is 294 g/mol. The molecule has 4 atom stereocenters. The smallest absolute Gasteiger partial charge is 0.280 e. The second-order valence-corrected chi connectivity index (χ2v) is 4.85. The summed E-state index contributed by atoms with van der Waals surface area (Å²) in [6.07, 6.45) is 2.56. The molecule has 1 saturated heterocycles. The Morgan fingerprint density at radius 1 is 1.59 bits per heavy atom. The number of nitrogens with one attached hydrogen (secondary N) is 1. The number of hydrogen-bond donors (Lipinski definition) is 5. The zero-order valence-corrected chi connectivity index (χ0v) is 11.2. The first-order valence-electron chi connectivity index (χ1n) is 6.30. The van der Waals surface area contributed by atoms with Crippen molar-refractivity contribution in [2.24, 2.45) is 0 Å². The predicted octanol–water partition coefficient (Wildman–Crippen LogP) is -2.90. The number of hydrogen-bond acceptors (Lipinski definition) is 8. The molecule has 2 aromatic heterocycles. The molecule has 0 aliphatic carbocycles. The third-order valence-corrected chi connectivity index (χ3v) is 3.61. The van der Waals surface area contributed by atoms with Crippen LogP contribution in [0.25, 0.3) is 11.2 Å². The van der Waals surface area contributed by atoms with Gasteiger partial charge in [0.25, 0.3) is 5.56 Å². The minimum Gasteiger partial charge on any atom is -0.394 e. The number of aliphatic hydroxyl groups excluding tert-OH is 3. The number of fused-ring (bicyclic) bond motifs is 1. The van der Waals surface area contributed by atoms with Crippen molar-refractivity contribution in [3.63, 3.8) is 0 Å². The molecule has 3 heterocycles. The summed E-state index contributed by atoms with van der Waals surface area (Å²) < 4.78 is 6.58. The van der Waals surface area contributed by atoms with Crippen molar-refractivity contribution >= 4 is 17.1 Å². The van der Waals surface area contributed by atoms with Gasteiger partial charge in [0.15, 0.2) is 11.2 Å². The first-order valence-corrected chi connectivity index (χ1v) is 6.30. The van der Waals surface area contributed by atoms with E-state index >= 15 is 0 Å². The Morgan fingerprint density at radius 2 is 2.32 bits per heavy atom. The SMILES string of the molecule is C#C[C@@]1(n2cnc3c(=O)[nH]c(N)nc32)O[C@H](CO)[C@@H](O)[C@H]1O. The van der Waals surface area contributed by atoms with E-state index in [1.165, 1.54) is 0 Å². The zero-order valence-electron chi connectivity index (χ0n) is 11.2. The number of H-pyrrole nitrogens is 1. The van der Waals surface area contributed by atoms with Crippen molar-refractivity contribution in [1.29, 1.82) is 0 Å². The largest absolute Gasteiger partial charge is 0.394 e. The summed E-state index contributed by atoms with van der Waals surface area (Å²) in [5.74, 6) is 2.07. The summed E-state index contributed by atoms with van der Waals surface area (Å²) in [6, 6.07) is 0. The van der Waals surface area contributed by atoms with E-state index in [4.69, 9.17) is 16.9 Å². The van der Waals surface area contributed by atoms with Crippen LogP contribution in [-0.4, -0.2) is 59.8 Å². The number of aliphatic hydroxyl groups is 3. The first-order chi connectivity index (χ1) is 10.4. The van der Waals surface area contributed by atoms with Gasteiger partial charge in [0.1, 0.15) is 24.6 Å². The van der Waals surface area contributed by atoms with Gasteiger partial charge in [-0.15, -0.1) is 6.42 Å². The van der Waals surface area contributed by atoms with Crippen LogP contribution in [0.2, 0.25) is 0 Å². The number of nitrogens with two attached hydrogens (primary N) is 1. The molecule has 2 aromatic rings. The number of ether oxygens (including phenoxy) is 1. The van der Waals surface area contributed by atoms with Gasteiger partial charge >= 0.3 is 0 Å². The number of imidazole rings is 1. The lowest BCUT2D eigenvalue weighted by molar-refractivity contribution is -0.103. The second kappa shape index (κ2) is 4.79. The molecule has 116 valence electrons. The summed E-state index contributed by atoms with van der Waals surface area (Å²) in [7, 11) is 0. The summed E-state index contributed by atoms with van der Waals surface area (Å²) in [5, 5.41) is 29.4. The molecule has 10 nitrogen and oxygen atoms in total. The van der Waals surface area contributed by atoms with Crippen molar-refractivity contribution in [3.05, 3.63) is 16.7 Å². The fraction of sp³-hybridized carbons (Fsp3) is 0.417. The molecule has 6 N–H and O–H groups in total. The maximum absolute atomic E-state index is 11.8. The fourth-order valence-electron chi connectivity index (χ4n) is 2.51. The lowest BCUT2D eigenvalue weighted by Gasteiger charge is -2.27. The lowest BCUT2D eigenvalue weighted by Crippen LogP contribution is -2.44. The molecule has 3 rings (SSSR count). The minimum atomic E-state index is -1.87. The van der Waals surface area contributed by atoms with Crippen LogP contribution in [0.4, 0.5) is 5.95 Å². The molecule has 0 amide bonds. The Morgan fingerprint density at radius 3 is 2.91 bits per heavy atom. The average Bonchev–Trinajstić information content (AvgIpc) is 3.01. The molecule has 10 heteroatoms. The van der Waals surface area contributed by atoms with Crippen LogP contribution < -0.4 is 11.3 Å². The Kier molecular flexibility index (Phi) is 3.15. The highest BCUT2D eigenvalue weighted by Gasteiger charge is 2.55. The highest BCUT2D eigenvalue weighted by Crippen LogP contribution is 2.36. The lowest BCUT2D eigenvalue weighted by atomic mass is 10.0. The topological polar surface area (TPSA) is 160 Å². The molecule has 0 aromatic carbocycles. The van der Waals surface area contributed by atoms with Crippen LogP contribution in [-0.2, 0) is 10.5 Å². The molecule has 0 bridgehead atoms. The van der Waals surface area contributed by atoms with Gasteiger partial charge in [-0.05, 0) is 5.92 Å². The van der Waals surface area contributed by atoms with Gasteiger partial charge in [-0.25, -0.2) is 4.98 Å². The van der Waals surface area contributed by atoms with Gasteiger partial charge < -0.3 is 25.8 Å². The molecule has 0 radical (unpaired) electrons. The number of rotatable bonds is 2. The van der Waals surface area contributed by atoms with Crippen LogP contribution in [0, 0.1) is 12.3 Å². The van der Waals surface area contributed by atoms with Gasteiger partial charge in [-0.3, -0.25) is 14.3 Å². The van der Waals surface area contributed by atoms with E-state index in [9.17, 15) is 20.1 Å². The van der Waals surface area contributed by atoms with Crippen LogP contribution >= 0.6 is 0 Å². The number of aromatic amines is 1. The average molecular weight is 307 g/mol. The Hall–Kier alpha value is -2.45. The van der Waals surface area contributed by atoms with E-state index in [0.29, 0.717) is 0 Å². The fourth-order valence-corrected chi connectivity index (χ4v) is 2.51. The van der Waals surface area contributed by atoms with Gasteiger partial charge in [0.05, 0.1) is 6.61 Å². The van der Waals surface area contributed by atoms with Crippen LogP contribution in [0.5, 0.6) is 0 Å². The van der Waals surface area contributed by atoms with E-state index < -0.39 is 36.2 Å². The Bertz CT molecular complexity index is 823. The molecule has 22 heavy (non-hydrogen) atoms. The third-order valence-electron chi connectivity index (χ3n) is 3.61. The minimum absolute atomic E-state index is 0.0101. The van der Waals surface area contributed by atoms with E-state index in [1.807, 2.05) is 0 Å². The van der Waals surface area contributed by atoms with Crippen LogP contribution in [0.3, 0.4) is 0 Å². The standard InChI is InChI=1S/C12H13N5O5/c1-2-12(8(20)7(19)5(3-18)22-12)17-4-14-6-9(17)15-11(13)16-10(6)21/h1,4-5,7-8,18-20H,3H2,(H3,13,15,16,21)/t5-,7-,8-,12-/m1/s1. The zero-order chi connectivity index (χ0) is 16.1. The van der Waals surface area contributed by atoms with E-state index in [2.05, 4.69) is 20.9 Å². The quantitative estimate of drug-likeness (QED) is 0.369.